The Morgan fingerprint density at radius 1 is 1.28 bits per heavy atom. The second kappa shape index (κ2) is 7.43. The number of carbonyl (C=O) groups excluding carboxylic acids is 1. The Morgan fingerprint density at radius 3 is 2.80 bits per heavy atom. The number of morpholine rings is 1. The molecule has 1 unspecified atom stereocenters. The minimum Gasteiger partial charge on any atom is -0.481 e. The van der Waals surface area contributed by atoms with Gasteiger partial charge in [0.1, 0.15) is 0 Å². The third-order valence-electron chi connectivity index (χ3n) is 3.87. The highest BCUT2D eigenvalue weighted by molar-refractivity contribution is 6.42. The third kappa shape index (κ3) is 3.95. The minimum atomic E-state index is -0.977. The van der Waals surface area contributed by atoms with E-state index in [-0.39, 0.29) is 24.6 Å². The number of hydrogen-bond acceptors (Lipinski definition) is 4. The minimum absolute atomic E-state index is 0.167. The van der Waals surface area contributed by atoms with Crippen LogP contribution in [0.1, 0.15) is 16.9 Å². The van der Waals surface area contributed by atoms with Crippen LogP contribution < -0.4 is 0 Å². The summed E-state index contributed by atoms with van der Waals surface area (Å²) in [6.45, 7) is 0.900. The number of ether oxygens (including phenoxy) is 1. The number of aromatic nitrogens is 2. The monoisotopic (exact) mass is 383 g/mol. The summed E-state index contributed by atoms with van der Waals surface area (Å²) >= 11 is 11.9. The lowest BCUT2D eigenvalue weighted by Gasteiger charge is -2.34. The van der Waals surface area contributed by atoms with Gasteiger partial charge in [0, 0.05) is 12.7 Å². The zero-order valence-corrected chi connectivity index (χ0v) is 14.6. The van der Waals surface area contributed by atoms with Crippen LogP contribution in [0.15, 0.2) is 30.5 Å². The Labute approximate surface area is 153 Å². The van der Waals surface area contributed by atoms with Crippen LogP contribution in [0.2, 0.25) is 10.0 Å². The molecule has 1 N–H and O–H groups in total. The van der Waals surface area contributed by atoms with Gasteiger partial charge in [-0.25, -0.2) is 4.68 Å². The molecule has 0 saturated carbocycles. The molecular weight excluding hydrogens is 369 g/mol. The first kappa shape index (κ1) is 17.7. The summed E-state index contributed by atoms with van der Waals surface area (Å²) in [5.74, 6) is -1.30. The van der Waals surface area contributed by atoms with Gasteiger partial charge in [-0.15, -0.1) is 0 Å². The summed E-state index contributed by atoms with van der Waals surface area (Å²) in [4.78, 5) is 25.2. The van der Waals surface area contributed by atoms with Crippen molar-refractivity contribution in [1.82, 2.24) is 14.7 Å². The van der Waals surface area contributed by atoms with Crippen molar-refractivity contribution in [2.45, 2.75) is 12.5 Å². The molecule has 1 fully saturated rings. The summed E-state index contributed by atoms with van der Waals surface area (Å²) in [5, 5.41) is 14.1. The Bertz CT molecular complexity index is 808. The van der Waals surface area contributed by atoms with E-state index in [9.17, 15) is 9.59 Å². The van der Waals surface area contributed by atoms with Crippen LogP contribution in [0.4, 0.5) is 0 Å². The molecule has 132 valence electrons. The van der Waals surface area contributed by atoms with Crippen molar-refractivity contribution >= 4 is 35.1 Å². The number of aliphatic carboxylic acids is 1. The number of rotatable bonds is 4. The largest absolute Gasteiger partial charge is 0.481 e. The van der Waals surface area contributed by atoms with Crippen molar-refractivity contribution in [2.75, 3.05) is 19.8 Å². The fourth-order valence-corrected chi connectivity index (χ4v) is 2.94. The lowest BCUT2D eigenvalue weighted by Crippen LogP contribution is -2.49. The summed E-state index contributed by atoms with van der Waals surface area (Å²) in [6.07, 6.45) is 1.47. The molecule has 3 rings (SSSR count). The molecule has 0 radical (unpaired) electrons. The van der Waals surface area contributed by atoms with Gasteiger partial charge < -0.3 is 14.7 Å². The van der Waals surface area contributed by atoms with E-state index in [1.165, 1.54) is 9.58 Å². The summed E-state index contributed by atoms with van der Waals surface area (Å²) in [7, 11) is 0. The van der Waals surface area contributed by atoms with E-state index < -0.39 is 12.0 Å². The van der Waals surface area contributed by atoms with Crippen molar-refractivity contribution < 1.29 is 19.4 Å². The molecule has 0 aliphatic carbocycles. The van der Waals surface area contributed by atoms with Crippen LogP contribution in [-0.2, 0) is 9.53 Å². The van der Waals surface area contributed by atoms with E-state index in [2.05, 4.69) is 5.10 Å². The number of carboxylic acids is 1. The van der Waals surface area contributed by atoms with Gasteiger partial charge in [-0.3, -0.25) is 9.59 Å². The normalized spacial score (nSPS) is 17.5. The van der Waals surface area contributed by atoms with Gasteiger partial charge in [0.15, 0.2) is 5.69 Å². The van der Waals surface area contributed by atoms with Gasteiger partial charge in [0.2, 0.25) is 0 Å². The van der Waals surface area contributed by atoms with Crippen LogP contribution in [0, 0.1) is 0 Å². The molecule has 25 heavy (non-hydrogen) atoms. The van der Waals surface area contributed by atoms with Gasteiger partial charge in [0.05, 0.1) is 41.4 Å². The SMILES string of the molecule is O=C(O)CC1COCCN1C(=O)c1ccn(-c2ccc(Cl)c(Cl)c2)n1. The molecular formula is C16H15Cl2N3O4. The van der Waals surface area contributed by atoms with E-state index in [0.717, 1.165) is 0 Å². The van der Waals surface area contributed by atoms with Crippen molar-refractivity contribution in [1.29, 1.82) is 0 Å². The van der Waals surface area contributed by atoms with Crippen molar-refractivity contribution in [3.05, 3.63) is 46.2 Å². The fourth-order valence-electron chi connectivity index (χ4n) is 2.65. The van der Waals surface area contributed by atoms with E-state index in [1.807, 2.05) is 0 Å². The molecule has 9 heteroatoms. The molecule has 0 spiro atoms. The molecule has 2 aromatic rings. The maximum atomic E-state index is 12.7. The van der Waals surface area contributed by atoms with Crippen LogP contribution in [0.3, 0.4) is 0 Å². The second-order valence-corrected chi connectivity index (χ2v) is 6.38. The average Bonchev–Trinajstić information content (AvgIpc) is 3.07. The summed E-state index contributed by atoms with van der Waals surface area (Å²) < 4.78 is 6.80. The maximum Gasteiger partial charge on any atom is 0.305 e. The van der Waals surface area contributed by atoms with Crippen molar-refractivity contribution in [3.8, 4) is 5.69 Å². The van der Waals surface area contributed by atoms with Gasteiger partial charge in [-0.2, -0.15) is 5.10 Å². The smallest absolute Gasteiger partial charge is 0.305 e. The molecule has 0 bridgehead atoms. The molecule has 1 aromatic carbocycles. The van der Waals surface area contributed by atoms with Crippen LogP contribution in [-0.4, -0.2) is 57.5 Å². The quantitative estimate of drug-likeness (QED) is 0.876. The van der Waals surface area contributed by atoms with E-state index in [0.29, 0.717) is 28.9 Å². The molecule has 2 heterocycles. The first-order valence-electron chi connectivity index (χ1n) is 7.57. The van der Waals surface area contributed by atoms with Gasteiger partial charge in [-0.05, 0) is 24.3 Å². The molecule has 1 atom stereocenters. The number of benzene rings is 1. The molecule has 7 nitrogen and oxygen atoms in total. The molecule has 1 amide bonds. The highest BCUT2D eigenvalue weighted by Gasteiger charge is 2.30. The highest BCUT2D eigenvalue weighted by Crippen LogP contribution is 2.24. The summed E-state index contributed by atoms with van der Waals surface area (Å²) in [6, 6.07) is 6.10. The molecule has 1 aliphatic heterocycles. The van der Waals surface area contributed by atoms with Crippen LogP contribution >= 0.6 is 23.2 Å². The van der Waals surface area contributed by atoms with Gasteiger partial charge in [-0.1, -0.05) is 23.2 Å². The van der Waals surface area contributed by atoms with E-state index in [4.69, 9.17) is 33.0 Å². The second-order valence-electron chi connectivity index (χ2n) is 5.57. The number of nitrogens with zero attached hydrogens (tertiary/aromatic N) is 3. The highest BCUT2D eigenvalue weighted by atomic mass is 35.5. The standard InChI is InChI=1S/C16H15Cl2N3O4/c17-12-2-1-10(7-13(12)18)21-4-3-14(19-21)16(24)20-5-6-25-9-11(20)8-15(22)23/h1-4,7,11H,5-6,8-9H2,(H,22,23). The van der Waals surface area contributed by atoms with E-state index in [1.54, 1.807) is 30.5 Å². The fraction of sp³-hybridized carbons (Fsp3) is 0.312. The number of halogens is 2. The van der Waals surface area contributed by atoms with Crippen molar-refractivity contribution in [2.24, 2.45) is 0 Å². The Hall–Kier alpha value is -2.09. The Kier molecular flexibility index (Phi) is 5.27. The first-order chi connectivity index (χ1) is 12.0. The number of hydrogen-bond donors (Lipinski definition) is 1. The Morgan fingerprint density at radius 2 is 2.08 bits per heavy atom. The number of carboxylic acid groups (broad SMARTS) is 1. The summed E-state index contributed by atoms with van der Waals surface area (Å²) in [5.41, 5.74) is 0.890. The topological polar surface area (TPSA) is 84.7 Å². The lowest BCUT2D eigenvalue weighted by atomic mass is 10.1. The number of amides is 1. The third-order valence-corrected chi connectivity index (χ3v) is 4.61. The van der Waals surface area contributed by atoms with Gasteiger partial charge in [0.25, 0.3) is 5.91 Å². The predicted octanol–water partition coefficient (Wildman–Crippen LogP) is 2.49. The van der Waals surface area contributed by atoms with Crippen LogP contribution in [0.25, 0.3) is 5.69 Å². The zero-order chi connectivity index (χ0) is 18.0. The van der Waals surface area contributed by atoms with Gasteiger partial charge >= 0.3 is 5.97 Å². The molecule has 1 aromatic heterocycles. The maximum absolute atomic E-state index is 12.7. The zero-order valence-electron chi connectivity index (χ0n) is 13.1. The average molecular weight is 384 g/mol. The van der Waals surface area contributed by atoms with Crippen molar-refractivity contribution in [3.63, 3.8) is 0 Å². The molecule has 1 saturated heterocycles. The molecule has 1 aliphatic rings. The van der Waals surface area contributed by atoms with E-state index >= 15 is 0 Å². The first-order valence-corrected chi connectivity index (χ1v) is 8.33. The van der Waals surface area contributed by atoms with Crippen LogP contribution in [0.5, 0.6) is 0 Å². The Balaban J connectivity index is 1.81. The lowest BCUT2D eigenvalue weighted by molar-refractivity contribution is -0.139. The predicted molar refractivity (Wildman–Crippen MR) is 91.5 cm³/mol. The number of carbonyl (C=O) groups is 2.